The number of fused-ring (bicyclic) bond motifs is 4. The second-order valence-electron chi connectivity index (χ2n) is 11.4. The highest BCUT2D eigenvalue weighted by Gasteiger charge is 2.56. The number of aliphatic hydroxyl groups is 2. The highest BCUT2D eigenvalue weighted by Crippen LogP contribution is 2.47. The molecule has 4 fully saturated rings. The highest BCUT2D eigenvalue weighted by atomic mass is 19.4. The molecule has 1 heterocycles. The highest BCUT2D eigenvalue weighted by molar-refractivity contribution is 5.82. The van der Waals surface area contributed by atoms with E-state index in [9.17, 15) is 46.1 Å². The molecule has 0 radical (unpaired) electrons. The van der Waals surface area contributed by atoms with Gasteiger partial charge >= 0.3 is 12.5 Å². The van der Waals surface area contributed by atoms with E-state index < -0.39 is 71.5 Å². The van der Waals surface area contributed by atoms with Gasteiger partial charge in [0.05, 0.1) is 35.5 Å². The molecule has 4 N–H and O–H groups in total. The van der Waals surface area contributed by atoms with Crippen molar-refractivity contribution in [3.8, 4) is 5.75 Å². The van der Waals surface area contributed by atoms with Gasteiger partial charge in [-0.1, -0.05) is 0 Å². The summed E-state index contributed by atoms with van der Waals surface area (Å²) < 4.78 is 90.7. The molecule has 0 unspecified atom stereocenters. The van der Waals surface area contributed by atoms with Gasteiger partial charge < -0.3 is 30.3 Å². The number of alkyl halides is 6. The first kappa shape index (κ1) is 29.9. The standard InChI is InChI=1S/C26H30F6N2O7/c27-25(28,29)13-1-2-18-16(7-13)17(35)10-19(40-18)22(38)34-23-3-5-24(6-4-23,20(36)11-23)33-21(37)12-39-14-8-15(9-14)41-26(30,31)32/h1-2,7,14-15,17,19-20,35-36H,3-6,8-12H2,(H,33,37)(H,34,38)/t14?,15?,17-,19-,20+,23?,24?/m1/s1. The number of benzene rings is 1. The van der Waals surface area contributed by atoms with Crippen LogP contribution >= 0.6 is 0 Å². The minimum Gasteiger partial charge on any atom is -0.480 e. The molecule has 1 aromatic carbocycles. The zero-order chi connectivity index (χ0) is 29.8. The number of halogens is 6. The first-order valence-corrected chi connectivity index (χ1v) is 13.3. The van der Waals surface area contributed by atoms with Crippen LogP contribution in [0.5, 0.6) is 5.75 Å². The number of amides is 2. The van der Waals surface area contributed by atoms with Crippen LogP contribution in [0.15, 0.2) is 18.2 Å². The van der Waals surface area contributed by atoms with E-state index in [1.807, 2.05) is 0 Å². The molecule has 2 bridgehead atoms. The van der Waals surface area contributed by atoms with Crippen LogP contribution in [0.3, 0.4) is 0 Å². The fraction of sp³-hybridized carbons (Fsp3) is 0.692. The number of nitrogens with one attached hydrogen (secondary N) is 2. The second kappa shape index (κ2) is 10.6. The van der Waals surface area contributed by atoms with Gasteiger partial charge in [0, 0.05) is 30.4 Å². The van der Waals surface area contributed by atoms with Crippen LogP contribution in [-0.4, -0.2) is 70.5 Å². The summed E-state index contributed by atoms with van der Waals surface area (Å²) in [6.07, 6.45) is -12.9. The molecule has 4 aliphatic carbocycles. The average Bonchev–Trinajstić information content (AvgIpc) is 2.85. The van der Waals surface area contributed by atoms with Crippen molar-refractivity contribution in [2.45, 2.75) is 106 Å². The molecule has 0 spiro atoms. The van der Waals surface area contributed by atoms with Crippen LogP contribution < -0.4 is 15.4 Å². The summed E-state index contributed by atoms with van der Waals surface area (Å²) in [5.41, 5.74) is -2.73. The minimum absolute atomic E-state index is 0.0176. The normalized spacial score (nSPS) is 34.7. The Morgan fingerprint density at radius 2 is 1.66 bits per heavy atom. The van der Waals surface area contributed by atoms with Gasteiger partial charge in [0.25, 0.3) is 5.91 Å². The summed E-state index contributed by atoms with van der Waals surface area (Å²) in [6.45, 7) is -0.382. The SMILES string of the molecule is O=C(COC1CC(OC(F)(F)F)C1)NC12CCC(NC(=O)[C@H]3C[C@@H](O)c4cc(C(F)(F)F)ccc4O3)(CC1)C[C@@H]2O. The van der Waals surface area contributed by atoms with Crippen LogP contribution in [0.4, 0.5) is 26.3 Å². The number of carbonyl (C=O) groups is 2. The van der Waals surface area contributed by atoms with Gasteiger partial charge in [-0.05, 0) is 50.3 Å². The van der Waals surface area contributed by atoms with Crippen molar-refractivity contribution in [2.75, 3.05) is 6.61 Å². The molecule has 6 rings (SSSR count). The van der Waals surface area contributed by atoms with Crippen molar-refractivity contribution in [3.05, 3.63) is 29.3 Å². The second-order valence-corrected chi connectivity index (χ2v) is 11.4. The molecule has 15 heteroatoms. The summed E-state index contributed by atoms with van der Waals surface area (Å²) in [5, 5.41) is 27.1. The summed E-state index contributed by atoms with van der Waals surface area (Å²) in [4.78, 5) is 25.6. The van der Waals surface area contributed by atoms with Crippen LogP contribution in [0.2, 0.25) is 0 Å². The van der Waals surface area contributed by atoms with E-state index in [-0.39, 0.29) is 43.6 Å². The van der Waals surface area contributed by atoms with Gasteiger partial charge in [-0.2, -0.15) is 13.2 Å². The minimum atomic E-state index is -4.72. The summed E-state index contributed by atoms with van der Waals surface area (Å²) >= 11 is 0. The quantitative estimate of drug-likeness (QED) is 0.357. The predicted octanol–water partition coefficient (Wildman–Crippen LogP) is 3.02. The smallest absolute Gasteiger partial charge is 0.480 e. The molecule has 0 aromatic heterocycles. The molecular weight excluding hydrogens is 566 g/mol. The maximum Gasteiger partial charge on any atom is 0.522 e. The van der Waals surface area contributed by atoms with E-state index in [4.69, 9.17) is 9.47 Å². The molecule has 228 valence electrons. The Bertz CT molecular complexity index is 1160. The first-order valence-electron chi connectivity index (χ1n) is 13.3. The van der Waals surface area contributed by atoms with Crippen molar-refractivity contribution >= 4 is 11.8 Å². The molecule has 1 aliphatic heterocycles. The van der Waals surface area contributed by atoms with E-state index in [0.717, 1.165) is 18.2 Å². The molecule has 2 amide bonds. The Kier molecular flexibility index (Phi) is 7.71. The number of hydrogen-bond donors (Lipinski definition) is 4. The van der Waals surface area contributed by atoms with Crippen LogP contribution in [-0.2, 0) is 25.2 Å². The Morgan fingerprint density at radius 1 is 0.976 bits per heavy atom. The molecule has 9 nitrogen and oxygen atoms in total. The average molecular weight is 597 g/mol. The van der Waals surface area contributed by atoms with Crippen molar-refractivity contribution in [1.29, 1.82) is 0 Å². The Balaban J connectivity index is 1.11. The lowest BCUT2D eigenvalue weighted by atomic mass is 9.59. The zero-order valence-corrected chi connectivity index (χ0v) is 21.7. The Hall–Kier alpha value is -2.62. The molecular formula is C26H30F6N2O7. The first-order chi connectivity index (χ1) is 19.1. The van der Waals surface area contributed by atoms with Gasteiger partial charge in [0.15, 0.2) is 6.10 Å². The summed E-state index contributed by atoms with van der Waals surface area (Å²) in [5.74, 6) is -1.10. The fourth-order valence-electron chi connectivity index (χ4n) is 6.23. The number of rotatable bonds is 7. The number of aliphatic hydroxyl groups excluding tert-OH is 2. The molecule has 41 heavy (non-hydrogen) atoms. The molecule has 4 saturated carbocycles. The lowest BCUT2D eigenvalue weighted by molar-refractivity contribution is -0.357. The Morgan fingerprint density at radius 3 is 2.27 bits per heavy atom. The molecule has 1 aromatic rings. The topological polar surface area (TPSA) is 126 Å². The van der Waals surface area contributed by atoms with E-state index in [1.54, 1.807) is 0 Å². The summed E-state index contributed by atoms with van der Waals surface area (Å²) in [7, 11) is 0. The zero-order valence-electron chi connectivity index (χ0n) is 21.7. The Labute approximate surface area is 230 Å². The van der Waals surface area contributed by atoms with Gasteiger partial charge in [-0.25, -0.2) is 0 Å². The van der Waals surface area contributed by atoms with Crippen LogP contribution in [0, 0.1) is 0 Å². The largest absolute Gasteiger partial charge is 0.522 e. The van der Waals surface area contributed by atoms with Gasteiger partial charge in [0.2, 0.25) is 5.91 Å². The van der Waals surface area contributed by atoms with Crippen molar-refractivity contribution < 1.29 is 60.4 Å². The molecule has 3 atom stereocenters. The van der Waals surface area contributed by atoms with Crippen LogP contribution in [0.1, 0.15) is 68.6 Å². The maximum atomic E-state index is 13.1. The van der Waals surface area contributed by atoms with Crippen molar-refractivity contribution in [1.82, 2.24) is 10.6 Å². The van der Waals surface area contributed by atoms with E-state index in [1.165, 1.54) is 0 Å². The third kappa shape index (κ3) is 6.42. The molecule has 0 saturated heterocycles. The van der Waals surface area contributed by atoms with Crippen LogP contribution in [0.25, 0.3) is 0 Å². The van der Waals surface area contributed by atoms with Crippen molar-refractivity contribution in [3.63, 3.8) is 0 Å². The van der Waals surface area contributed by atoms with Gasteiger partial charge in [-0.3, -0.25) is 14.3 Å². The number of hydrogen-bond acceptors (Lipinski definition) is 7. The lowest BCUT2D eigenvalue weighted by Crippen LogP contribution is -2.71. The predicted molar refractivity (Wildman–Crippen MR) is 126 cm³/mol. The third-order valence-corrected chi connectivity index (χ3v) is 8.60. The van der Waals surface area contributed by atoms with Crippen molar-refractivity contribution in [2.24, 2.45) is 0 Å². The van der Waals surface area contributed by atoms with E-state index in [2.05, 4.69) is 15.4 Å². The maximum absolute atomic E-state index is 13.1. The fourth-order valence-corrected chi connectivity index (χ4v) is 6.23. The third-order valence-electron chi connectivity index (χ3n) is 8.60. The summed E-state index contributed by atoms with van der Waals surface area (Å²) in [6, 6.07) is 2.69. The monoisotopic (exact) mass is 596 g/mol. The van der Waals surface area contributed by atoms with E-state index in [0.29, 0.717) is 25.7 Å². The van der Waals surface area contributed by atoms with E-state index >= 15 is 0 Å². The lowest BCUT2D eigenvalue weighted by Gasteiger charge is -2.56. The number of ether oxygens (including phenoxy) is 3. The number of carbonyl (C=O) groups excluding carboxylic acids is 2. The molecule has 5 aliphatic rings. The van der Waals surface area contributed by atoms with Gasteiger partial charge in [0.1, 0.15) is 12.4 Å². The van der Waals surface area contributed by atoms with Gasteiger partial charge in [-0.15, -0.1) is 13.2 Å².